The first kappa shape index (κ1) is 14.2. The molecule has 0 aliphatic carbocycles. The van der Waals surface area contributed by atoms with Gasteiger partial charge in [0.05, 0.1) is 17.4 Å². The fourth-order valence-corrected chi connectivity index (χ4v) is 2.53. The summed E-state index contributed by atoms with van der Waals surface area (Å²) in [7, 11) is 0. The van der Waals surface area contributed by atoms with Crippen LogP contribution in [0.25, 0.3) is 17.1 Å². The van der Waals surface area contributed by atoms with Crippen LogP contribution in [0.2, 0.25) is 0 Å². The summed E-state index contributed by atoms with van der Waals surface area (Å²) in [6.45, 7) is 1.86. The minimum Gasteiger partial charge on any atom is -0.507 e. The first-order valence-electron chi connectivity index (χ1n) is 7.35. The zero-order valence-electron chi connectivity index (χ0n) is 12.8. The van der Waals surface area contributed by atoms with E-state index in [1.54, 1.807) is 42.8 Å². The lowest BCUT2D eigenvalue weighted by Crippen LogP contribution is -2.05. The van der Waals surface area contributed by atoms with E-state index in [2.05, 4.69) is 10.1 Å². The number of phenols is 1. The molecule has 0 atom stereocenters. The largest absolute Gasteiger partial charge is 0.507 e. The zero-order chi connectivity index (χ0) is 16.7. The van der Waals surface area contributed by atoms with Gasteiger partial charge >= 0.3 is 0 Å². The second-order valence-corrected chi connectivity index (χ2v) is 5.50. The van der Waals surface area contributed by atoms with Gasteiger partial charge in [0.25, 0.3) is 0 Å². The number of carbonyl (C=O) groups excluding carboxylic acids is 1. The molecule has 118 valence electrons. The molecule has 1 N–H and O–H groups in total. The number of fused-ring (bicyclic) bond motifs is 1. The van der Waals surface area contributed by atoms with Crippen molar-refractivity contribution < 1.29 is 14.3 Å². The van der Waals surface area contributed by atoms with Crippen molar-refractivity contribution in [3.8, 4) is 17.2 Å². The highest BCUT2D eigenvalue weighted by Gasteiger charge is 2.16. The normalized spacial score (nSPS) is 11.0. The maximum absolute atomic E-state index is 12.6. The van der Waals surface area contributed by atoms with E-state index in [0.29, 0.717) is 22.7 Å². The molecule has 0 bridgehead atoms. The Bertz CT molecular complexity index is 1050. The van der Waals surface area contributed by atoms with Gasteiger partial charge in [0, 0.05) is 18.5 Å². The summed E-state index contributed by atoms with van der Waals surface area (Å²) in [5.74, 6) is 0.271. The number of aromatic nitrogens is 3. The van der Waals surface area contributed by atoms with Crippen molar-refractivity contribution >= 4 is 11.4 Å². The number of hydrogen-bond acceptors (Lipinski definition) is 5. The molecule has 0 spiro atoms. The highest BCUT2D eigenvalue weighted by atomic mass is 16.3. The third-order valence-corrected chi connectivity index (χ3v) is 3.75. The number of aromatic hydroxyl groups is 1. The second kappa shape index (κ2) is 5.34. The SMILES string of the molecule is Cc1ccc(O)c(C(=O)c2cnc3cc(-c4ccco4)nn3c2)c1. The average molecular weight is 319 g/mol. The number of hydrogen-bond donors (Lipinski definition) is 1. The molecule has 6 nitrogen and oxygen atoms in total. The van der Waals surface area contributed by atoms with Crippen LogP contribution in [0.5, 0.6) is 5.75 Å². The molecule has 0 aliphatic rings. The minimum atomic E-state index is -0.305. The number of furan rings is 1. The van der Waals surface area contributed by atoms with Crippen LogP contribution in [0.1, 0.15) is 21.5 Å². The van der Waals surface area contributed by atoms with Crippen molar-refractivity contribution in [2.45, 2.75) is 6.92 Å². The monoisotopic (exact) mass is 319 g/mol. The quantitative estimate of drug-likeness (QED) is 0.586. The molecule has 0 fully saturated rings. The molecule has 0 saturated heterocycles. The summed E-state index contributed by atoms with van der Waals surface area (Å²) in [6.07, 6.45) is 4.65. The minimum absolute atomic E-state index is 0.0533. The molecule has 3 heterocycles. The van der Waals surface area contributed by atoms with Gasteiger partial charge in [-0.05, 0) is 31.2 Å². The van der Waals surface area contributed by atoms with Gasteiger partial charge < -0.3 is 9.52 Å². The number of ketones is 1. The third-order valence-electron chi connectivity index (χ3n) is 3.75. The van der Waals surface area contributed by atoms with Gasteiger partial charge in [-0.25, -0.2) is 9.50 Å². The van der Waals surface area contributed by atoms with Crippen LogP contribution in [0, 0.1) is 6.92 Å². The first-order chi connectivity index (χ1) is 11.6. The predicted octanol–water partition coefficient (Wildman–Crippen LogP) is 3.23. The predicted molar refractivity (Wildman–Crippen MR) is 87.0 cm³/mol. The van der Waals surface area contributed by atoms with Crippen molar-refractivity contribution in [3.63, 3.8) is 0 Å². The van der Waals surface area contributed by atoms with Crippen LogP contribution in [0.3, 0.4) is 0 Å². The van der Waals surface area contributed by atoms with Crippen molar-refractivity contribution in [2.24, 2.45) is 0 Å². The fraction of sp³-hybridized carbons (Fsp3) is 0.0556. The van der Waals surface area contributed by atoms with Gasteiger partial charge in [0.1, 0.15) is 11.4 Å². The first-order valence-corrected chi connectivity index (χ1v) is 7.35. The van der Waals surface area contributed by atoms with E-state index in [1.165, 1.54) is 16.8 Å². The van der Waals surface area contributed by atoms with Crippen LogP contribution >= 0.6 is 0 Å². The molecule has 24 heavy (non-hydrogen) atoms. The summed E-state index contributed by atoms with van der Waals surface area (Å²) in [6, 6.07) is 10.3. The molecular weight excluding hydrogens is 306 g/mol. The van der Waals surface area contributed by atoms with Crippen molar-refractivity contribution in [2.75, 3.05) is 0 Å². The lowest BCUT2D eigenvalue weighted by Gasteiger charge is -2.05. The van der Waals surface area contributed by atoms with E-state index >= 15 is 0 Å². The maximum atomic E-state index is 12.6. The molecule has 1 aromatic carbocycles. The number of nitrogens with zero attached hydrogens (tertiary/aromatic N) is 3. The molecule has 6 heteroatoms. The Morgan fingerprint density at radius 1 is 1.25 bits per heavy atom. The van der Waals surface area contributed by atoms with Gasteiger partial charge in [-0.2, -0.15) is 5.10 Å². The number of phenolic OH excluding ortho intramolecular Hbond substituents is 1. The zero-order valence-corrected chi connectivity index (χ0v) is 12.8. The molecule has 4 aromatic rings. The number of benzene rings is 1. The summed E-state index contributed by atoms with van der Waals surface area (Å²) in [5.41, 5.74) is 2.72. The molecule has 0 amide bonds. The van der Waals surface area contributed by atoms with E-state index in [0.717, 1.165) is 5.56 Å². The topological polar surface area (TPSA) is 80.6 Å². The van der Waals surface area contributed by atoms with Crippen LogP contribution in [0.4, 0.5) is 0 Å². The van der Waals surface area contributed by atoms with E-state index in [9.17, 15) is 9.90 Å². The van der Waals surface area contributed by atoms with Gasteiger partial charge in [-0.15, -0.1) is 0 Å². The van der Waals surface area contributed by atoms with Gasteiger partial charge in [0.15, 0.2) is 17.2 Å². The van der Waals surface area contributed by atoms with E-state index in [4.69, 9.17) is 4.42 Å². The Labute approximate surface area is 137 Å². The molecular formula is C18H13N3O3. The molecule has 0 aliphatic heterocycles. The van der Waals surface area contributed by atoms with Crippen LogP contribution < -0.4 is 0 Å². The highest BCUT2D eigenvalue weighted by Crippen LogP contribution is 2.23. The summed E-state index contributed by atoms with van der Waals surface area (Å²) in [5, 5.41) is 14.3. The number of aryl methyl sites for hydroxylation is 1. The maximum Gasteiger partial charge on any atom is 0.199 e. The smallest absolute Gasteiger partial charge is 0.199 e. The summed E-state index contributed by atoms with van der Waals surface area (Å²) < 4.78 is 6.85. The van der Waals surface area contributed by atoms with Crippen LogP contribution in [-0.4, -0.2) is 25.5 Å². The molecule has 0 radical (unpaired) electrons. The lowest BCUT2D eigenvalue weighted by molar-refractivity contribution is 0.103. The number of carbonyl (C=O) groups is 1. The molecule has 3 aromatic heterocycles. The van der Waals surface area contributed by atoms with E-state index in [1.807, 2.05) is 6.92 Å². The van der Waals surface area contributed by atoms with Crippen LogP contribution in [0.15, 0.2) is 59.5 Å². The fourth-order valence-electron chi connectivity index (χ4n) is 2.53. The average Bonchev–Trinajstić information content (AvgIpc) is 3.24. The Morgan fingerprint density at radius 2 is 2.12 bits per heavy atom. The summed E-state index contributed by atoms with van der Waals surface area (Å²) >= 11 is 0. The van der Waals surface area contributed by atoms with Gasteiger partial charge in [-0.1, -0.05) is 11.6 Å². The Kier molecular flexibility index (Phi) is 3.16. The Hall–Kier alpha value is -3.41. The number of rotatable bonds is 3. The van der Waals surface area contributed by atoms with Crippen LogP contribution in [-0.2, 0) is 0 Å². The standard InChI is InChI=1S/C18H13N3O3/c1-11-4-5-15(22)13(7-11)18(23)12-9-19-17-8-14(20-21(17)10-12)16-3-2-6-24-16/h2-10,22H,1H3. The van der Waals surface area contributed by atoms with Crippen molar-refractivity contribution in [1.29, 1.82) is 0 Å². The Morgan fingerprint density at radius 3 is 2.92 bits per heavy atom. The molecule has 0 unspecified atom stereocenters. The molecule has 0 saturated carbocycles. The highest BCUT2D eigenvalue weighted by molar-refractivity contribution is 6.10. The Balaban J connectivity index is 1.77. The summed E-state index contributed by atoms with van der Waals surface area (Å²) in [4.78, 5) is 16.9. The van der Waals surface area contributed by atoms with E-state index < -0.39 is 0 Å². The molecule has 4 rings (SSSR count). The van der Waals surface area contributed by atoms with Gasteiger partial charge in [0.2, 0.25) is 0 Å². The van der Waals surface area contributed by atoms with Crippen molar-refractivity contribution in [1.82, 2.24) is 14.6 Å². The van der Waals surface area contributed by atoms with E-state index in [-0.39, 0.29) is 17.1 Å². The van der Waals surface area contributed by atoms with Gasteiger partial charge in [-0.3, -0.25) is 4.79 Å². The second-order valence-electron chi connectivity index (χ2n) is 5.50. The lowest BCUT2D eigenvalue weighted by atomic mass is 10.0. The van der Waals surface area contributed by atoms with Crippen molar-refractivity contribution in [3.05, 3.63) is 71.7 Å². The third kappa shape index (κ3) is 2.34.